The van der Waals surface area contributed by atoms with E-state index in [9.17, 15) is 9.18 Å². The molecule has 2 heterocycles. The lowest BCUT2D eigenvalue weighted by molar-refractivity contribution is 0.103. The number of piperazine rings is 1. The number of pyridine rings is 1. The van der Waals surface area contributed by atoms with E-state index in [1.165, 1.54) is 6.07 Å². The Labute approximate surface area is 209 Å². The molecule has 4 aromatic rings. The van der Waals surface area contributed by atoms with E-state index >= 15 is 0 Å². The molecule has 3 aromatic carbocycles. The van der Waals surface area contributed by atoms with Gasteiger partial charge >= 0.3 is 0 Å². The fourth-order valence-electron chi connectivity index (χ4n) is 4.75. The van der Waals surface area contributed by atoms with Gasteiger partial charge in [0.25, 0.3) is 0 Å². The van der Waals surface area contributed by atoms with Crippen molar-refractivity contribution in [2.45, 2.75) is 6.92 Å². The van der Waals surface area contributed by atoms with Gasteiger partial charge in [0, 0.05) is 49.4 Å². The number of ketones is 1. The Kier molecular flexibility index (Phi) is 6.46. The second kappa shape index (κ2) is 9.85. The molecule has 0 saturated carbocycles. The third-order valence-corrected chi connectivity index (χ3v) is 6.69. The fourth-order valence-corrected chi connectivity index (χ4v) is 4.75. The first-order valence-corrected chi connectivity index (χ1v) is 11.9. The maximum atomic E-state index is 14.4. The molecule has 36 heavy (non-hydrogen) atoms. The lowest BCUT2D eigenvalue weighted by Gasteiger charge is -2.38. The van der Waals surface area contributed by atoms with Crippen molar-refractivity contribution in [3.8, 4) is 11.5 Å². The topological polar surface area (TPSA) is 54.9 Å². The zero-order chi connectivity index (χ0) is 25.2. The molecule has 0 amide bonds. The highest BCUT2D eigenvalue weighted by Gasteiger charge is 2.26. The zero-order valence-electron chi connectivity index (χ0n) is 20.6. The molecular weight excluding hydrogens is 457 g/mol. The minimum Gasteiger partial charge on any atom is -0.493 e. The van der Waals surface area contributed by atoms with Gasteiger partial charge in [0.2, 0.25) is 0 Å². The Hall–Kier alpha value is -4.13. The van der Waals surface area contributed by atoms with Gasteiger partial charge in [-0.05, 0) is 25.1 Å². The smallest absolute Gasteiger partial charge is 0.196 e. The van der Waals surface area contributed by atoms with Crippen molar-refractivity contribution in [3.05, 3.63) is 89.4 Å². The van der Waals surface area contributed by atoms with Gasteiger partial charge in [-0.25, -0.2) is 4.39 Å². The molecular formula is C29H28FN3O3. The summed E-state index contributed by atoms with van der Waals surface area (Å²) in [6.45, 7) is 4.48. The highest BCUT2D eigenvalue weighted by molar-refractivity contribution is 6.16. The first kappa shape index (κ1) is 23.6. The summed E-state index contributed by atoms with van der Waals surface area (Å²) >= 11 is 0. The first-order chi connectivity index (χ1) is 17.5. The lowest BCUT2D eigenvalue weighted by atomic mass is 9.98. The molecule has 0 radical (unpaired) electrons. The van der Waals surface area contributed by atoms with Gasteiger partial charge in [-0.1, -0.05) is 42.0 Å². The molecule has 0 atom stereocenters. The fraction of sp³-hybridized carbons (Fsp3) is 0.241. The summed E-state index contributed by atoms with van der Waals surface area (Å²) in [5.41, 5.74) is 4.33. The van der Waals surface area contributed by atoms with E-state index in [4.69, 9.17) is 9.47 Å². The summed E-state index contributed by atoms with van der Waals surface area (Å²) in [5.74, 6) is 0.821. The SMILES string of the molecule is COc1cc2ncc(C(=O)c3ccc(C)cc3)c(N3CCN(c4ccccc4F)CC3)c2cc1OC. The Bertz CT molecular complexity index is 1410. The molecule has 1 aliphatic rings. The molecule has 1 aromatic heterocycles. The molecule has 7 heteroatoms. The van der Waals surface area contributed by atoms with Gasteiger partial charge in [0.05, 0.1) is 36.7 Å². The van der Waals surface area contributed by atoms with Crippen molar-refractivity contribution in [1.82, 2.24) is 4.98 Å². The first-order valence-electron chi connectivity index (χ1n) is 11.9. The van der Waals surface area contributed by atoms with Crippen LogP contribution in [0.4, 0.5) is 15.8 Å². The van der Waals surface area contributed by atoms with Gasteiger partial charge < -0.3 is 19.3 Å². The highest BCUT2D eigenvalue weighted by Crippen LogP contribution is 2.39. The van der Waals surface area contributed by atoms with Crippen LogP contribution in [0.15, 0.2) is 66.9 Å². The molecule has 0 bridgehead atoms. The maximum absolute atomic E-state index is 14.4. The molecule has 1 saturated heterocycles. The molecule has 1 aliphatic heterocycles. The van der Waals surface area contributed by atoms with Crippen LogP contribution in [0.25, 0.3) is 10.9 Å². The van der Waals surface area contributed by atoms with Gasteiger partial charge in [-0.2, -0.15) is 0 Å². The van der Waals surface area contributed by atoms with Crippen LogP contribution in [0.1, 0.15) is 21.5 Å². The lowest BCUT2D eigenvalue weighted by Crippen LogP contribution is -2.47. The van der Waals surface area contributed by atoms with Crippen molar-refractivity contribution in [2.75, 3.05) is 50.2 Å². The highest BCUT2D eigenvalue weighted by atomic mass is 19.1. The molecule has 0 spiro atoms. The van der Waals surface area contributed by atoms with E-state index in [0.29, 0.717) is 60.0 Å². The van der Waals surface area contributed by atoms with Crippen LogP contribution in [-0.2, 0) is 0 Å². The second-order valence-corrected chi connectivity index (χ2v) is 8.87. The Morgan fingerprint density at radius 3 is 2.19 bits per heavy atom. The van der Waals surface area contributed by atoms with Crippen molar-refractivity contribution < 1.29 is 18.7 Å². The summed E-state index contributed by atoms with van der Waals surface area (Å²) in [4.78, 5) is 22.5. The van der Waals surface area contributed by atoms with Crippen LogP contribution in [-0.4, -0.2) is 51.2 Å². The number of hydrogen-bond acceptors (Lipinski definition) is 6. The predicted octanol–water partition coefficient (Wildman–Crippen LogP) is 5.26. The summed E-state index contributed by atoms with van der Waals surface area (Å²) in [7, 11) is 3.17. The van der Waals surface area contributed by atoms with Crippen molar-refractivity contribution in [1.29, 1.82) is 0 Å². The van der Waals surface area contributed by atoms with E-state index in [-0.39, 0.29) is 11.6 Å². The summed E-state index contributed by atoms with van der Waals surface area (Å²) in [6.07, 6.45) is 1.65. The molecule has 0 N–H and O–H groups in total. The van der Waals surface area contributed by atoms with Crippen LogP contribution < -0.4 is 19.3 Å². The van der Waals surface area contributed by atoms with Gasteiger partial charge in [0.15, 0.2) is 17.3 Å². The third-order valence-electron chi connectivity index (χ3n) is 6.69. The number of hydrogen-bond donors (Lipinski definition) is 0. The van der Waals surface area contributed by atoms with Crippen LogP contribution in [0.3, 0.4) is 0 Å². The third kappa shape index (κ3) is 4.33. The zero-order valence-corrected chi connectivity index (χ0v) is 20.6. The number of nitrogens with zero attached hydrogens (tertiary/aromatic N) is 3. The molecule has 184 valence electrons. The van der Waals surface area contributed by atoms with Crippen molar-refractivity contribution in [3.63, 3.8) is 0 Å². The summed E-state index contributed by atoms with van der Waals surface area (Å²) in [5, 5.41) is 0.810. The van der Waals surface area contributed by atoms with Crippen molar-refractivity contribution >= 4 is 28.1 Å². The van der Waals surface area contributed by atoms with Crippen LogP contribution in [0.5, 0.6) is 11.5 Å². The number of aromatic nitrogens is 1. The number of methoxy groups -OCH3 is 2. The van der Waals surface area contributed by atoms with E-state index in [2.05, 4.69) is 9.88 Å². The number of rotatable bonds is 6. The number of halogens is 1. The predicted molar refractivity (Wildman–Crippen MR) is 140 cm³/mol. The number of ether oxygens (including phenoxy) is 2. The normalized spacial score (nSPS) is 13.7. The Balaban J connectivity index is 1.59. The molecule has 1 fully saturated rings. The van der Waals surface area contributed by atoms with Crippen LogP contribution in [0, 0.1) is 12.7 Å². The molecule has 0 aliphatic carbocycles. The maximum Gasteiger partial charge on any atom is 0.196 e. The molecule has 6 nitrogen and oxygen atoms in total. The average molecular weight is 486 g/mol. The minimum absolute atomic E-state index is 0.0919. The number of anilines is 2. The number of carbonyl (C=O) groups is 1. The molecule has 5 rings (SSSR count). The summed E-state index contributed by atoms with van der Waals surface area (Å²) < 4.78 is 25.5. The standard InChI is InChI=1S/C29H28FN3O3/c1-19-8-10-20(11-9-19)29(34)22-18-31-24-17-27(36-3)26(35-2)16-21(24)28(22)33-14-12-32(13-15-33)25-7-5-4-6-23(25)30/h4-11,16-18H,12-15H2,1-3H3. The quantitative estimate of drug-likeness (QED) is 0.348. The molecule has 0 unspecified atom stereocenters. The van der Waals surface area contributed by atoms with E-state index in [1.54, 1.807) is 32.5 Å². The van der Waals surface area contributed by atoms with E-state index in [1.807, 2.05) is 54.3 Å². The van der Waals surface area contributed by atoms with Gasteiger partial charge in [-0.15, -0.1) is 0 Å². The Morgan fingerprint density at radius 2 is 1.53 bits per heavy atom. The number of benzene rings is 3. The number of fused-ring (bicyclic) bond motifs is 1. The van der Waals surface area contributed by atoms with Crippen LogP contribution >= 0.6 is 0 Å². The van der Waals surface area contributed by atoms with Gasteiger partial charge in [0.1, 0.15) is 5.82 Å². The summed E-state index contributed by atoms with van der Waals surface area (Å²) in [6, 6.07) is 18.1. The number of aryl methyl sites for hydroxylation is 1. The average Bonchev–Trinajstić information content (AvgIpc) is 2.92. The second-order valence-electron chi connectivity index (χ2n) is 8.87. The monoisotopic (exact) mass is 485 g/mol. The van der Waals surface area contributed by atoms with Gasteiger partial charge in [-0.3, -0.25) is 9.78 Å². The van der Waals surface area contributed by atoms with E-state index < -0.39 is 0 Å². The number of para-hydroxylation sites is 1. The van der Waals surface area contributed by atoms with Crippen LogP contribution in [0.2, 0.25) is 0 Å². The minimum atomic E-state index is -0.229. The Morgan fingerprint density at radius 1 is 0.889 bits per heavy atom. The largest absolute Gasteiger partial charge is 0.493 e. The van der Waals surface area contributed by atoms with Crippen molar-refractivity contribution in [2.24, 2.45) is 0 Å². The number of carbonyl (C=O) groups excluding carboxylic acids is 1. The van der Waals surface area contributed by atoms with E-state index in [0.717, 1.165) is 16.6 Å².